The van der Waals surface area contributed by atoms with Crippen molar-refractivity contribution in [3.8, 4) is 0 Å². The van der Waals surface area contributed by atoms with E-state index in [1.165, 1.54) is 0 Å². The van der Waals surface area contributed by atoms with E-state index < -0.39 is 5.54 Å². The van der Waals surface area contributed by atoms with Gasteiger partial charge in [0.1, 0.15) is 5.54 Å². The van der Waals surface area contributed by atoms with Crippen molar-refractivity contribution < 1.29 is 9.59 Å². The van der Waals surface area contributed by atoms with E-state index >= 15 is 0 Å². The number of hydrogen-bond donors (Lipinski definition) is 1. The summed E-state index contributed by atoms with van der Waals surface area (Å²) in [7, 11) is 0. The number of carbonyl (C=O) groups excluding carboxylic acids is 2. The minimum Gasteiger partial charge on any atom is -0.305 e. The van der Waals surface area contributed by atoms with Gasteiger partial charge in [0.05, 0.1) is 16.6 Å². The zero-order valence-corrected chi connectivity index (χ0v) is 12.9. The number of halogens is 2. The van der Waals surface area contributed by atoms with Crippen LogP contribution in [-0.2, 0) is 11.3 Å². The second-order valence-corrected chi connectivity index (χ2v) is 5.58. The molecule has 2 rings (SSSR count). The van der Waals surface area contributed by atoms with Crippen LogP contribution in [0.4, 0.5) is 4.79 Å². The van der Waals surface area contributed by atoms with Crippen molar-refractivity contribution in [3.05, 3.63) is 33.8 Å². The van der Waals surface area contributed by atoms with Gasteiger partial charge < -0.3 is 4.90 Å². The highest BCUT2D eigenvalue weighted by Crippen LogP contribution is 2.33. The van der Waals surface area contributed by atoms with E-state index in [4.69, 9.17) is 23.2 Å². The van der Waals surface area contributed by atoms with E-state index in [1.54, 1.807) is 23.1 Å². The number of rotatable bonds is 4. The third kappa shape index (κ3) is 2.27. The first kappa shape index (κ1) is 15.1. The van der Waals surface area contributed by atoms with Crippen molar-refractivity contribution >= 4 is 35.1 Å². The van der Waals surface area contributed by atoms with E-state index in [9.17, 15) is 9.59 Å². The normalized spacial score (nSPS) is 17.5. The van der Waals surface area contributed by atoms with Crippen LogP contribution in [0, 0.1) is 0 Å². The predicted octanol–water partition coefficient (Wildman–Crippen LogP) is 3.60. The lowest BCUT2D eigenvalue weighted by molar-refractivity contribution is -0.127. The Hall–Kier alpha value is -1.26. The minimum atomic E-state index is -0.803. The fraction of sp³-hybridized carbons (Fsp3) is 0.429. The van der Waals surface area contributed by atoms with Crippen LogP contribution in [-0.4, -0.2) is 22.4 Å². The van der Waals surface area contributed by atoms with Crippen molar-refractivity contribution in [2.45, 2.75) is 38.8 Å². The maximum atomic E-state index is 12.1. The van der Waals surface area contributed by atoms with Gasteiger partial charge in [0.2, 0.25) is 0 Å². The van der Waals surface area contributed by atoms with Gasteiger partial charge in [-0.2, -0.15) is 0 Å². The molecule has 0 aromatic heterocycles. The SMILES string of the molecule is CCC1(CC)C(=O)NC(=O)N1Cc1cccc(Cl)c1Cl. The molecule has 1 aliphatic heterocycles. The minimum absolute atomic E-state index is 0.245. The summed E-state index contributed by atoms with van der Waals surface area (Å²) in [6.45, 7) is 4.06. The highest BCUT2D eigenvalue weighted by Gasteiger charge is 2.50. The Bertz CT molecular complexity index is 556. The number of amides is 3. The van der Waals surface area contributed by atoms with Crippen molar-refractivity contribution in [3.63, 3.8) is 0 Å². The van der Waals surface area contributed by atoms with Crippen molar-refractivity contribution in [2.75, 3.05) is 0 Å². The number of carbonyl (C=O) groups is 2. The Kier molecular flexibility index (Phi) is 4.25. The fourth-order valence-corrected chi connectivity index (χ4v) is 2.99. The van der Waals surface area contributed by atoms with Gasteiger partial charge in [-0.25, -0.2) is 4.79 Å². The second kappa shape index (κ2) is 5.62. The molecule has 0 atom stereocenters. The molecule has 1 heterocycles. The molecule has 0 radical (unpaired) electrons. The highest BCUT2D eigenvalue weighted by molar-refractivity contribution is 6.42. The van der Waals surface area contributed by atoms with Gasteiger partial charge in [-0.3, -0.25) is 10.1 Å². The highest BCUT2D eigenvalue weighted by atomic mass is 35.5. The smallest absolute Gasteiger partial charge is 0.305 e. The maximum Gasteiger partial charge on any atom is 0.325 e. The summed E-state index contributed by atoms with van der Waals surface area (Å²) < 4.78 is 0. The van der Waals surface area contributed by atoms with Crippen LogP contribution in [0.2, 0.25) is 10.0 Å². The van der Waals surface area contributed by atoms with E-state index in [1.807, 2.05) is 13.8 Å². The Balaban J connectivity index is 2.38. The van der Waals surface area contributed by atoms with Crippen LogP contribution in [0.15, 0.2) is 18.2 Å². The van der Waals surface area contributed by atoms with Gasteiger partial charge in [0.25, 0.3) is 5.91 Å². The van der Waals surface area contributed by atoms with Gasteiger partial charge in [-0.1, -0.05) is 49.2 Å². The summed E-state index contributed by atoms with van der Waals surface area (Å²) >= 11 is 12.1. The Morgan fingerprint density at radius 3 is 2.45 bits per heavy atom. The summed E-state index contributed by atoms with van der Waals surface area (Å²) in [6, 6.07) is 4.89. The fourth-order valence-electron chi connectivity index (χ4n) is 2.61. The van der Waals surface area contributed by atoms with Crippen LogP contribution in [0.1, 0.15) is 32.3 Å². The average molecular weight is 315 g/mol. The van der Waals surface area contributed by atoms with Gasteiger partial charge in [-0.15, -0.1) is 0 Å². The van der Waals surface area contributed by atoms with E-state index in [-0.39, 0.29) is 18.5 Å². The molecule has 1 aromatic rings. The van der Waals surface area contributed by atoms with E-state index in [0.29, 0.717) is 22.9 Å². The van der Waals surface area contributed by atoms with Crippen molar-refractivity contribution in [1.82, 2.24) is 10.2 Å². The molecule has 1 aliphatic rings. The Morgan fingerprint density at radius 2 is 1.85 bits per heavy atom. The predicted molar refractivity (Wildman–Crippen MR) is 78.9 cm³/mol. The zero-order valence-electron chi connectivity index (χ0n) is 11.4. The zero-order chi connectivity index (χ0) is 14.9. The maximum absolute atomic E-state index is 12.1. The number of urea groups is 1. The molecule has 0 unspecified atom stereocenters. The first-order chi connectivity index (χ1) is 9.46. The molecule has 1 N–H and O–H groups in total. The summed E-state index contributed by atoms with van der Waals surface area (Å²) in [6.07, 6.45) is 1.11. The third-order valence-electron chi connectivity index (χ3n) is 3.93. The Morgan fingerprint density at radius 1 is 1.20 bits per heavy atom. The topological polar surface area (TPSA) is 49.4 Å². The number of imide groups is 1. The lowest BCUT2D eigenvalue weighted by atomic mass is 9.91. The van der Waals surface area contributed by atoms with Gasteiger partial charge in [0.15, 0.2) is 0 Å². The third-order valence-corrected chi connectivity index (χ3v) is 4.79. The van der Waals surface area contributed by atoms with E-state index in [2.05, 4.69) is 5.32 Å². The van der Waals surface area contributed by atoms with Gasteiger partial charge in [0, 0.05) is 0 Å². The van der Waals surface area contributed by atoms with E-state index in [0.717, 1.165) is 5.56 Å². The number of hydrogen-bond acceptors (Lipinski definition) is 2. The van der Waals surface area contributed by atoms with Crippen LogP contribution >= 0.6 is 23.2 Å². The Labute approximate surface area is 128 Å². The molecule has 6 heteroatoms. The lowest BCUT2D eigenvalue weighted by Crippen LogP contribution is -2.48. The van der Waals surface area contributed by atoms with Crippen LogP contribution < -0.4 is 5.32 Å². The molecular formula is C14H16Cl2N2O2. The first-order valence-electron chi connectivity index (χ1n) is 6.52. The lowest BCUT2D eigenvalue weighted by Gasteiger charge is -2.33. The average Bonchev–Trinajstić information content (AvgIpc) is 2.66. The molecule has 1 aromatic carbocycles. The number of nitrogens with one attached hydrogen (secondary N) is 1. The molecule has 20 heavy (non-hydrogen) atoms. The molecule has 3 amide bonds. The molecule has 1 fully saturated rings. The van der Waals surface area contributed by atoms with Crippen LogP contribution in [0.5, 0.6) is 0 Å². The van der Waals surface area contributed by atoms with Crippen molar-refractivity contribution in [2.24, 2.45) is 0 Å². The standard InChI is InChI=1S/C14H16Cl2N2O2/c1-3-14(4-2)12(19)17-13(20)18(14)8-9-6-5-7-10(15)11(9)16/h5-7H,3-4,8H2,1-2H3,(H,17,19,20). The molecule has 1 saturated heterocycles. The summed E-state index contributed by atoms with van der Waals surface area (Å²) in [4.78, 5) is 25.7. The van der Waals surface area contributed by atoms with Gasteiger partial charge >= 0.3 is 6.03 Å². The largest absolute Gasteiger partial charge is 0.325 e. The molecule has 108 valence electrons. The molecule has 0 spiro atoms. The van der Waals surface area contributed by atoms with Crippen LogP contribution in [0.3, 0.4) is 0 Å². The molecule has 0 saturated carbocycles. The summed E-state index contributed by atoms with van der Waals surface area (Å²) in [5.41, 5.74) is -0.0711. The molecule has 0 bridgehead atoms. The molecule has 0 aliphatic carbocycles. The quantitative estimate of drug-likeness (QED) is 0.863. The van der Waals surface area contributed by atoms with Crippen LogP contribution in [0.25, 0.3) is 0 Å². The number of nitrogens with zero attached hydrogens (tertiary/aromatic N) is 1. The summed E-state index contributed by atoms with van der Waals surface area (Å²) in [5, 5.41) is 3.24. The monoisotopic (exact) mass is 314 g/mol. The number of benzene rings is 1. The van der Waals surface area contributed by atoms with Gasteiger partial charge in [-0.05, 0) is 24.5 Å². The molecule has 4 nitrogen and oxygen atoms in total. The second-order valence-electron chi connectivity index (χ2n) is 4.80. The van der Waals surface area contributed by atoms with Crippen molar-refractivity contribution in [1.29, 1.82) is 0 Å². The summed E-state index contributed by atoms with van der Waals surface area (Å²) in [5.74, 6) is -0.245. The molecular weight excluding hydrogens is 299 g/mol. The first-order valence-corrected chi connectivity index (χ1v) is 7.27.